The highest BCUT2D eigenvalue weighted by molar-refractivity contribution is 6.24. The second-order valence-electron chi connectivity index (χ2n) is 9.07. The number of hydrogen-bond donors (Lipinski definition) is 0. The average molecular weight is 473 g/mol. The van der Waals surface area contributed by atoms with Crippen molar-refractivity contribution in [3.05, 3.63) is 137 Å². The van der Waals surface area contributed by atoms with Crippen molar-refractivity contribution in [3.63, 3.8) is 0 Å². The highest BCUT2D eigenvalue weighted by Gasteiger charge is 2.60. The molecule has 0 unspecified atom stereocenters. The van der Waals surface area contributed by atoms with E-state index in [1.807, 2.05) is 72.8 Å². The minimum absolute atomic E-state index is 0.338. The van der Waals surface area contributed by atoms with Crippen LogP contribution < -0.4 is 0 Å². The van der Waals surface area contributed by atoms with Crippen LogP contribution >= 0.6 is 0 Å². The fraction of sp³-hybridized carbons (Fsp3) is 0.125. The second kappa shape index (κ2) is 8.35. The van der Waals surface area contributed by atoms with E-state index in [4.69, 9.17) is 9.47 Å². The number of methoxy groups -OCH3 is 2. The minimum Gasteiger partial charge on any atom is -0.469 e. The van der Waals surface area contributed by atoms with Crippen LogP contribution in [0.25, 0.3) is 16.7 Å². The lowest BCUT2D eigenvalue weighted by atomic mass is 9.66. The predicted octanol–water partition coefficient (Wildman–Crippen LogP) is 5.77. The molecule has 2 atom stereocenters. The van der Waals surface area contributed by atoms with Crippen LogP contribution in [0.4, 0.5) is 0 Å². The van der Waals surface area contributed by atoms with Crippen LogP contribution in [0.1, 0.15) is 22.3 Å². The Labute approximate surface area is 209 Å². The summed E-state index contributed by atoms with van der Waals surface area (Å²) in [6.07, 6.45) is 6.16. The summed E-state index contributed by atoms with van der Waals surface area (Å²) < 4.78 is 10.6. The quantitative estimate of drug-likeness (QED) is 0.452. The molecular formula is C32H24O4. The molecule has 3 aromatic rings. The summed E-state index contributed by atoms with van der Waals surface area (Å²) in [5.41, 5.74) is 7.08. The van der Waals surface area contributed by atoms with E-state index in [0.717, 1.165) is 44.5 Å². The molecule has 0 radical (unpaired) electrons. The lowest BCUT2D eigenvalue weighted by Crippen LogP contribution is -2.39. The Bertz CT molecular complexity index is 1520. The van der Waals surface area contributed by atoms with Gasteiger partial charge in [0.15, 0.2) is 0 Å². The first-order valence-electron chi connectivity index (χ1n) is 11.9. The van der Waals surface area contributed by atoms with Crippen molar-refractivity contribution in [3.8, 4) is 0 Å². The molecule has 3 aliphatic rings. The third kappa shape index (κ3) is 2.88. The van der Waals surface area contributed by atoms with Gasteiger partial charge in [-0.1, -0.05) is 103 Å². The summed E-state index contributed by atoms with van der Waals surface area (Å²) in [6, 6.07) is 28.2. The van der Waals surface area contributed by atoms with Crippen LogP contribution in [0.3, 0.4) is 0 Å². The van der Waals surface area contributed by atoms with E-state index in [1.54, 1.807) is 0 Å². The number of ether oxygens (including phenoxy) is 2. The minimum atomic E-state index is -0.950. The third-order valence-electron chi connectivity index (χ3n) is 7.46. The fourth-order valence-electron chi connectivity index (χ4n) is 6.09. The Hall–Kier alpha value is -4.44. The Balaban J connectivity index is 1.81. The van der Waals surface area contributed by atoms with E-state index in [1.165, 1.54) is 14.2 Å². The van der Waals surface area contributed by atoms with Gasteiger partial charge >= 0.3 is 11.9 Å². The van der Waals surface area contributed by atoms with Gasteiger partial charge in [-0.25, -0.2) is 4.79 Å². The number of rotatable bonds is 4. The van der Waals surface area contributed by atoms with Crippen LogP contribution in [0.5, 0.6) is 0 Å². The largest absolute Gasteiger partial charge is 0.469 e. The van der Waals surface area contributed by atoms with E-state index in [9.17, 15) is 9.59 Å². The van der Waals surface area contributed by atoms with Crippen LogP contribution in [0, 0.1) is 5.92 Å². The van der Waals surface area contributed by atoms with Gasteiger partial charge < -0.3 is 9.47 Å². The van der Waals surface area contributed by atoms with E-state index in [-0.39, 0.29) is 0 Å². The van der Waals surface area contributed by atoms with Gasteiger partial charge in [0, 0.05) is 0 Å². The number of allylic oxidation sites excluding steroid dienone is 7. The van der Waals surface area contributed by atoms with Gasteiger partial charge in [0.2, 0.25) is 0 Å². The molecule has 0 N–H and O–H groups in total. The number of benzene rings is 3. The maximum Gasteiger partial charge on any atom is 0.335 e. The molecule has 0 aliphatic heterocycles. The van der Waals surface area contributed by atoms with Crippen molar-refractivity contribution in [1.29, 1.82) is 0 Å². The molecule has 0 amide bonds. The summed E-state index contributed by atoms with van der Waals surface area (Å²) >= 11 is 0. The summed E-state index contributed by atoms with van der Waals surface area (Å²) in [5, 5.41) is 0. The van der Waals surface area contributed by atoms with E-state index >= 15 is 0 Å². The third-order valence-corrected chi connectivity index (χ3v) is 7.46. The van der Waals surface area contributed by atoms with Crippen LogP contribution in [0.2, 0.25) is 0 Å². The van der Waals surface area contributed by atoms with Crippen LogP contribution in [0.15, 0.2) is 114 Å². The summed E-state index contributed by atoms with van der Waals surface area (Å²) in [4.78, 5) is 27.0. The summed E-state index contributed by atoms with van der Waals surface area (Å²) in [5.74, 6) is -1.89. The SMILES string of the molecule is COC(=O)C1=C2C3=C(C(c4ccccc4)=CC=C[C@@]3(c3ccccc3)[C@@H]1C(=O)OC)c1ccccc12. The molecule has 176 valence electrons. The zero-order chi connectivity index (χ0) is 24.9. The van der Waals surface area contributed by atoms with Crippen molar-refractivity contribution in [2.24, 2.45) is 5.92 Å². The van der Waals surface area contributed by atoms with Gasteiger partial charge in [0.05, 0.1) is 25.2 Å². The van der Waals surface area contributed by atoms with E-state index < -0.39 is 23.3 Å². The van der Waals surface area contributed by atoms with Gasteiger partial charge in [0.25, 0.3) is 0 Å². The van der Waals surface area contributed by atoms with Crippen molar-refractivity contribution in [2.75, 3.05) is 14.2 Å². The van der Waals surface area contributed by atoms with Gasteiger partial charge in [-0.15, -0.1) is 0 Å². The second-order valence-corrected chi connectivity index (χ2v) is 9.07. The monoisotopic (exact) mass is 472 g/mol. The molecule has 0 fully saturated rings. The molecule has 0 heterocycles. The maximum atomic E-state index is 13.6. The topological polar surface area (TPSA) is 52.6 Å². The lowest BCUT2D eigenvalue weighted by Gasteiger charge is -2.35. The van der Waals surface area contributed by atoms with Crippen LogP contribution in [-0.4, -0.2) is 26.2 Å². The number of hydrogen-bond acceptors (Lipinski definition) is 4. The lowest BCUT2D eigenvalue weighted by molar-refractivity contribution is -0.148. The van der Waals surface area contributed by atoms with Gasteiger partial charge in [-0.3, -0.25) is 4.79 Å². The van der Waals surface area contributed by atoms with Crippen molar-refractivity contribution >= 4 is 28.7 Å². The molecule has 0 aromatic heterocycles. The molecule has 36 heavy (non-hydrogen) atoms. The van der Waals surface area contributed by atoms with E-state index in [2.05, 4.69) is 30.4 Å². The normalized spacial score (nSPS) is 21.5. The number of fused-ring (bicyclic) bond motifs is 3. The van der Waals surface area contributed by atoms with Crippen molar-refractivity contribution in [1.82, 2.24) is 0 Å². The zero-order valence-electron chi connectivity index (χ0n) is 20.0. The van der Waals surface area contributed by atoms with Gasteiger partial charge in [-0.2, -0.15) is 0 Å². The molecule has 0 spiro atoms. The molecule has 3 aromatic carbocycles. The smallest absolute Gasteiger partial charge is 0.335 e. The first-order chi connectivity index (χ1) is 17.6. The Morgan fingerprint density at radius 1 is 0.750 bits per heavy atom. The number of esters is 2. The average Bonchev–Trinajstić information content (AvgIpc) is 3.35. The molecule has 0 saturated heterocycles. The first kappa shape index (κ1) is 22.1. The van der Waals surface area contributed by atoms with Crippen molar-refractivity contribution in [2.45, 2.75) is 5.41 Å². The van der Waals surface area contributed by atoms with Crippen molar-refractivity contribution < 1.29 is 19.1 Å². The van der Waals surface area contributed by atoms with Gasteiger partial charge in [0.1, 0.15) is 5.92 Å². The summed E-state index contributed by atoms with van der Waals surface area (Å²) in [6.45, 7) is 0. The fourth-order valence-corrected chi connectivity index (χ4v) is 6.09. The maximum absolute atomic E-state index is 13.6. The Morgan fingerprint density at radius 2 is 1.36 bits per heavy atom. The molecular weight excluding hydrogens is 448 g/mol. The molecule has 4 nitrogen and oxygen atoms in total. The molecule has 6 rings (SSSR count). The molecule has 4 heteroatoms. The Morgan fingerprint density at radius 3 is 2.00 bits per heavy atom. The van der Waals surface area contributed by atoms with Gasteiger partial charge in [-0.05, 0) is 44.5 Å². The first-order valence-corrected chi connectivity index (χ1v) is 11.9. The Kier molecular flexibility index (Phi) is 5.11. The number of carbonyl (C=O) groups is 2. The molecule has 0 saturated carbocycles. The molecule has 3 aliphatic carbocycles. The van der Waals surface area contributed by atoms with E-state index in [0.29, 0.717) is 5.57 Å². The molecule has 0 bridgehead atoms. The standard InChI is InChI=1S/C32H24O4/c1-35-30(33)27-26-24-17-10-9-16-23(24)25-22(20-12-5-3-6-13-20)18-11-19-32(28(25)26,29(27)31(34)36-2)21-14-7-4-8-15-21/h3-19,29H,1-2H3/t29-,32-/m0/s1. The number of carbonyl (C=O) groups excluding carboxylic acids is 2. The zero-order valence-corrected chi connectivity index (χ0v) is 20.0. The highest BCUT2D eigenvalue weighted by Crippen LogP contribution is 2.65. The predicted molar refractivity (Wildman–Crippen MR) is 139 cm³/mol. The van der Waals surface area contributed by atoms with Crippen LogP contribution in [-0.2, 0) is 24.5 Å². The summed E-state index contributed by atoms with van der Waals surface area (Å²) in [7, 11) is 2.72. The highest BCUT2D eigenvalue weighted by atomic mass is 16.5.